The molecule has 0 radical (unpaired) electrons. The van der Waals surface area contributed by atoms with Crippen LogP contribution in [0.5, 0.6) is 5.75 Å². The highest BCUT2D eigenvalue weighted by Gasteiger charge is 2.04. The molecular weight excluding hydrogens is 178 g/mol. The molecule has 4 nitrogen and oxygen atoms in total. The molecule has 72 valence electrons. The van der Waals surface area contributed by atoms with Gasteiger partial charge in [-0.05, 0) is 18.6 Å². The second-order valence-corrected chi connectivity index (χ2v) is 3.00. The minimum Gasteiger partial charge on any atom is -0.506 e. The quantitative estimate of drug-likeness (QED) is 0.779. The Morgan fingerprint density at radius 2 is 2.14 bits per heavy atom. The Bertz CT molecular complexity index is 436. The van der Waals surface area contributed by atoms with Crippen molar-refractivity contribution in [2.24, 2.45) is 0 Å². The molecule has 0 saturated carbocycles. The maximum absolute atomic E-state index is 9.56. The smallest absolute Gasteiger partial charge is 0.141 e. The highest BCUT2D eigenvalue weighted by molar-refractivity contribution is 5.44. The average Bonchev–Trinajstić information content (AvgIpc) is 2.67. The van der Waals surface area contributed by atoms with Gasteiger partial charge in [0.05, 0.1) is 11.9 Å². The maximum atomic E-state index is 9.56. The number of aryl methyl sites for hydroxylation is 1. The van der Waals surface area contributed by atoms with Gasteiger partial charge in [0.1, 0.15) is 11.4 Å². The van der Waals surface area contributed by atoms with E-state index in [9.17, 15) is 5.11 Å². The Balaban J connectivity index is 2.44. The molecule has 0 saturated heterocycles. The molecule has 2 rings (SSSR count). The van der Waals surface area contributed by atoms with E-state index in [1.54, 1.807) is 22.9 Å². The van der Waals surface area contributed by atoms with Crippen molar-refractivity contribution in [2.45, 2.75) is 13.3 Å². The van der Waals surface area contributed by atoms with Crippen LogP contribution in [0.2, 0.25) is 0 Å². The van der Waals surface area contributed by atoms with Crippen LogP contribution in [0, 0.1) is 0 Å². The van der Waals surface area contributed by atoms with E-state index in [-0.39, 0.29) is 5.75 Å². The fourth-order valence-corrected chi connectivity index (χ4v) is 1.24. The summed E-state index contributed by atoms with van der Waals surface area (Å²) in [5, 5.41) is 17.4. The number of hydrogen-bond acceptors (Lipinski definition) is 3. The van der Waals surface area contributed by atoms with Crippen LogP contribution in [0.4, 0.5) is 0 Å². The largest absolute Gasteiger partial charge is 0.506 e. The van der Waals surface area contributed by atoms with Crippen molar-refractivity contribution in [3.63, 3.8) is 0 Å². The van der Waals surface area contributed by atoms with Crippen LogP contribution in [0.3, 0.4) is 0 Å². The Morgan fingerprint density at radius 3 is 2.79 bits per heavy atom. The average molecular weight is 189 g/mol. The van der Waals surface area contributed by atoms with Gasteiger partial charge >= 0.3 is 0 Å². The first-order valence-electron chi connectivity index (χ1n) is 4.51. The Hall–Kier alpha value is -1.84. The number of benzene rings is 1. The van der Waals surface area contributed by atoms with Crippen molar-refractivity contribution in [1.82, 2.24) is 15.0 Å². The second kappa shape index (κ2) is 3.49. The van der Waals surface area contributed by atoms with Crippen molar-refractivity contribution in [3.8, 4) is 11.4 Å². The number of phenols is 1. The molecule has 0 fully saturated rings. The van der Waals surface area contributed by atoms with E-state index in [0.29, 0.717) is 5.69 Å². The summed E-state index contributed by atoms with van der Waals surface area (Å²) in [6.07, 6.45) is 2.66. The summed E-state index contributed by atoms with van der Waals surface area (Å²) < 4.78 is 1.58. The number of aromatic nitrogens is 3. The molecule has 0 atom stereocenters. The number of aromatic hydroxyl groups is 1. The predicted octanol–water partition coefficient (Wildman–Crippen LogP) is 1.54. The van der Waals surface area contributed by atoms with Crippen LogP contribution in [0.15, 0.2) is 30.5 Å². The number of para-hydroxylation sites is 2. The van der Waals surface area contributed by atoms with Crippen molar-refractivity contribution in [3.05, 3.63) is 36.2 Å². The summed E-state index contributed by atoms with van der Waals surface area (Å²) >= 11 is 0. The fraction of sp³-hybridized carbons (Fsp3) is 0.200. The van der Waals surface area contributed by atoms with Crippen LogP contribution in [-0.4, -0.2) is 20.1 Å². The molecule has 1 N–H and O–H groups in total. The van der Waals surface area contributed by atoms with E-state index < -0.39 is 0 Å². The molecule has 0 aliphatic heterocycles. The summed E-state index contributed by atoms with van der Waals surface area (Å²) in [7, 11) is 0. The lowest BCUT2D eigenvalue weighted by molar-refractivity contribution is 0.470. The number of phenolic OH excluding ortho intramolecular Hbond substituents is 1. The number of nitrogens with zero attached hydrogens (tertiary/aromatic N) is 3. The molecule has 0 aliphatic rings. The summed E-state index contributed by atoms with van der Waals surface area (Å²) in [5.41, 5.74) is 1.56. The minimum atomic E-state index is 0.208. The third kappa shape index (κ3) is 1.46. The van der Waals surface area contributed by atoms with E-state index in [2.05, 4.69) is 10.3 Å². The van der Waals surface area contributed by atoms with Gasteiger partial charge in [-0.3, -0.25) is 0 Å². The predicted molar refractivity (Wildman–Crippen MR) is 52.4 cm³/mol. The summed E-state index contributed by atoms with van der Waals surface area (Å²) in [4.78, 5) is 0. The topological polar surface area (TPSA) is 50.9 Å². The van der Waals surface area contributed by atoms with Gasteiger partial charge in [-0.25, -0.2) is 4.68 Å². The summed E-state index contributed by atoms with van der Waals surface area (Å²) in [6.45, 7) is 2.01. The molecule has 2 aromatic rings. The Kier molecular flexibility index (Phi) is 2.18. The zero-order valence-corrected chi connectivity index (χ0v) is 7.88. The van der Waals surface area contributed by atoms with E-state index in [1.165, 1.54) is 0 Å². The van der Waals surface area contributed by atoms with Crippen LogP contribution in [0.1, 0.15) is 12.6 Å². The molecule has 0 bridgehead atoms. The van der Waals surface area contributed by atoms with Crippen molar-refractivity contribution in [1.29, 1.82) is 0 Å². The maximum Gasteiger partial charge on any atom is 0.141 e. The first kappa shape index (κ1) is 8.74. The zero-order valence-electron chi connectivity index (χ0n) is 7.88. The van der Waals surface area contributed by atoms with Crippen molar-refractivity contribution < 1.29 is 5.11 Å². The van der Waals surface area contributed by atoms with Gasteiger partial charge in [0.15, 0.2) is 0 Å². The molecule has 0 aliphatic carbocycles. The van der Waals surface area contributed by atoms with Crippen LogP contribution in [0.25, 0.3) is 5.69 Å². The van der Waals surface area contributed by atoms with Crippen LogP contribution >= 0.6 is 0 Å². The van der Waals surface area contributed by atoms with Gasteiger partial charge in [0, 0.05) is 0 Å². The molecule has 4 heteroatoms. The lowest BCUT2D eigenvalue weighted by Gasteiger charge is -2.01. The highest BCUT2D eigenvalue weighted by atomic mass is 16.3. The number of hydrogen-bond donors (Lipinski definition) is 1. The van der Waals surface area contributed by atoms with Crippen molar-refractivity contribution >= 4 is 0 Å². The van der Waals surface area contributed by atoms with E-state index in [0.717, 1.165) is 12.1 Å². The molecule has 0 unspecified atom stereocenters. The Morgan fingerprint density at radius 1 is 1.36 bits per heavy atom. The molecule has 1 heterocycles. The van der Waals surface area contributed by atoms with Gasteiger partial charge in [0.2, 0.25) is 0 Å². The Labute approximate surface area is 81.8 Å². The standard InChI is InChI=1S/C10H11N3O/c1-2-8-7-13(12-11-8)9-5-3-4-6-10(9)14/h3-7,14H,2H2,1H3. The zero-order chi connectivity index (χ0) is 9.97. The number of rotatable bonds is 2. The van der Waals surface area contributed by atoms with Gasteiger partial charge in [-0.15, -0.1) is 5.10 Å². The summed E-state index contributed by atoms with van der Waals surface area (Å²) in [5.74, 6) is 0.208. The SMILES string of the molecule is CCc1cn(-c2ccccc2O)nn1. The van der Waals surface area contributed by atoms with E-state index in [1.807, 2.05) is 19.2 Å². The normalized spacial score (nSPS) is 10.4. The minimum absolute atomic E-state index is 0.208. The lowest BCUT2D eigenvalue weighted by Crippen LogP contribution is -1.94. The monoisotopic (exact) mass is 189 g/mol. The molecule has 1 aromatic heterocycles. The van der Waals surface area contributed by atoms with Crippen LogP contribution < -0.4 is 0 Å². The third-order valence-corrected chi connectivity index (χ3v) is 2.03. The van der Waals surface area contributed by atoms with Crippen molar-refractivity contribution in [2.75, 3.05) is 0 Å². The molecule has 0 spiro atoms. The van der Waals surface area contributed by atoms with Gasteiger partial charge in [0.25, 0.3) is 0 Å². The third-order valence-electron chi connectivity index (χ3n) is 2.03. The lowest BCUT2D eigenvalue weighted by atomic mass is 10.3. The highest BCUT2D eigenvalue weighted by Crippen LogP contribution is 2.19. The summed E-state index contributed by atoms with van der Waals surface area (Å²) in [6, 6.07) is 7.05. The van der Waals surface area contributed by atoms with Gasteiger partial charge in [-0.1, -0.05) is 24.3 Å². The molecule has 1 aromatic carbocycles. The van der Waals surface area contributed by atoms with E-state index in [4.69, 9.17) is 0 Å². The van der Waals surface area contributed by atoms with Gasteiger partial charge < -0.3 is 5.11 Å². The second-order valence-electron chi connectivity index (χ2n) is 3.00. The van der Waals surface area contributed by atoms with E-state index >= 15 is 0 Å². The molecular formula is C10H11N3O. The first-order chi connectivity index (χ1) is 6.81. The fourth-order valence-electron chi connectivity index (χ4n) is 1.24. The first-order valence-corrected chi connectivity index (χ1v) is 4.51. The van der Waals surface area contributed by atoms with Crippen LogP contribution in [-0.2, 0) is 6.42 Å². The van der Waals surface area contributed by atoms with Gasteiger partial charge in [-0.2, -0.15) is 0 Å². The molecule has 0 amide bonds. The molecule has 14 heavy (non-hydrogen) atoms.